The summed E-state index contributed by atoms with van der Waals surface area (Å²) < 4.78 is 28.7. The first-order chi connectivity index (χ1) is 14.3. The number of likely N-dealkylation sites (tertiary alicyclic amines) is 2. The largest absolute Gasteiger partial charge is 0.338 e. The zero-order valence-corrected chi connectivity index (χ0v) is 18.6. The fourth-order valence-electron chi connectivity index (χ4n) is 4.68. The van der Waals surface area contributed by atoms with Crippen molar-refractivity contribution in [2.75, 3.05) is 19.6 Å². The molecule has 6 nitrogen and oxygen atoms in total. The fourth-order valence-corrected chi connectivity index (χ4v) is 5.93. The smallest absolute Gasteiger partial charge is 0.241 e. The molecule has 7 heteroatoms. The molecule has 0 spiro atoms. The lowest BCUT2D eigenvalue weighted by atomic mass is 9.97. The van der Waals surface area contributed by atoms with E-state index in [-0.39, 0.29) is 16.8 Å². The van der Waals surface area contributed by atoms with Crippen LogP contribution >= 0.6 is 0 Å². The average Bonchev–Trinajstić information content (AvgIpc) is 2.75. The SMILES string of the molecule is CC(C)N1CCC(N2CCC[C@H](NS(=O)(=O)c3ccc4ccccc4c3)C2=O)CC1. The Morgan fingerprint density at radius 2 is 1.67 bits per heavy atom. The van der Waals surface area contributed by atoms with Crippen LogP contribution in [-0.4, -0.2) is 61.9 Å². The Hall–Kier alpha value is -1.96. The minimum Gasteiger partial charge on any atom is -0.338 e. The molecular formula is C23H31N3O3S. The van der Waals surface area contributed by atoms with Gasteiger partial charge in [-0.3, -0.25) is 4.79 Å². The highest BCUT2D eigenvalue weighted by atomic mass is 32.2. The van der Waals surface area contributed by atoms with Gasteiger partial charge < -0.3 is 9.80 Å². The van der Waals surface area contributed by atoms with Crippen molar-refractivity contribution >= 4 is 26.7 Å². The third-order valence-electron chi connectivity index (χ3n) is 6.47. The van der Waals surface area contributed by atoms with Crippen LogP contribution in [0.25, 0.3) is 10.8 Å². The lowest BCUT2D eigenvalue weighted by Crippen LogP contribution is -2.57. The van der Waals surface area contributed by atoms with Crippen molar-refractivity contribution in [2.45, 2.75) is 62.6 Å². The lowest BCUT2D eigenvalue weighted by Gasteiger charge is -2.43. The monoisotopic (exact) mass is 429 g/mol. The molecule has 0 saturated carbocycles. The second kappa shape index (κ2) is 8.65. The van der Waals surface area contributed by atoms with E-state index in [0.717, 1.165) is 49.7 Å². The number of rotatable bonds is 5. The Morgan fingerprint density at radius 3 is 2.37 bits per heavy atom. The van der Waals surface area contributed by atoms with Gasteiger partial charge in [-0.15, -0.1) is 0 Å². The second-order valence-corrected chi connectivity index (χ2v) is 10.4. The molecule has 162 valence electrons. The minimum atomic E-state index is -3.76. The summed E-state index contributed by atoms with van der Waals surface area (Å²) in [6, 6.07) is 12.8. The summed E-state index contributed by atoms with van der Waals surface area (Å²) in [4.78, 5) is 17.7. The van der Waals surface area contributed by atoms with Crippen molar-refractivity contribution in [3.05, 3.63) is 42.5 Å². The highest BCUT2D eigenvalue weighted by Gasteiger charge is 2.37. The normalized spacial score (nSPS) is 22.2. The Kier molecular flexibility index (Phi) is 6.14. The molecule has 2 heterocycles. The molecule has 30 heavy (non-hydrogen) atoms. The zero-order chi connectivity index (χ0) is 21.3. The van der Waals surface area contributed by atoms with Gasteiger partial charge in [0.15, 0.2) is 0 Å². The third kappa shape index (κ3) is 4.38. The molecule has 2 fully saturated rings. The number of carbonyl (C=O) groups is 1. The molecule has 1 atom stereocenters. The van der Waals surface area contributed by atoms with E-state index in [2.05, 4.69) is 23.5 Å². The molecular weight excluding hydrogens is 398 g/mol. The van der Waals surface area contributed by atoms with E-state index >= 15 is 0 Å². The number of carbonyl (C=O) groups excluding carboxylic acids is 1. The van der Waals surface area contributed by atoms with Crippen LogP contribution in [0.5, 0.6) is 0 Å². The zero-order valence-electron chi connectivity index (χ0n) is 17.8. The minimum absolute atomic E-state index is 0.0754. The molecule has 1 amide bonds. The van der Waals surface area contributed by atoms with E-state index in [0.29, 0.717) is 12.5 Å². The maximum Gasteiger partial charge on any atom is 0.241 e. The number of sulfonamides is 1. The summed E-state index contributed by atoms with van der Waals surface area (Å²) in [5, 5.41) is 1.86. The van der Waals surface area contributed by atoms with Crippen LogP contribution in [0.4, 0.5) is 0 Å². The summed E-state index contributed by atoms with van der Waals surface area (Å²) in [6.07, 6.45) is 3.27. The molecule has 2 aromatic carbocycles. The first kappa shape index (κ1) is 21.3. The molecule has 2 aromatic rings. The van der Waals surface area contributed by atoms with Crippen LogP contribution in [0, 0.1) is 0 Å². The molecule has 0 bridgehead atoms. The number of nitrogens with zero attached hydrogens (tertiary/aromatic N) is 2. The van der Waals surface area contributed by atoms with Crippen LogP contribution < -0.4 is 4.72 Å². The molecule has 0 unspecified atom stereocenters. The van der Waals surface area contributed by atoms with E-state index in [1.54, 1.807) is 18.2 Å². The summed E-state index contributed by atoms with van der Waals surface area (Å²) in [5.74, 6) is -0.0754. The summed E-state index contributed by atoms with van der Waals surface area (Å²) in [7, 11) is -3.76. The Morgan fingerprint density at radius 1 is 0.967 bits per heavy atom. The van der Waals surface area contributed by atoms with Gasteiger partial charge in [-0.1, -0.05) is 30.3 Å². The number of hydrogen-bond acceptors (Lipinski definition) is 4. The van der Waals surface area contributed by atoms with E-state index in [9.17, 15) is 13.2 Å². The van der Waals surface area contributed by atoms with Crippen LogP contribution in [0.3, 0.4) is 0 Å². The standard InChI is InChI=1S/C23H31N3O3S/c1-17(2)25-14-11-20(12-15-25)26-13-5-8-22(23(26)27)24-30(28,29)21-10-9-18-6-3-4-7-19(18)16-21/h3-4,6-7,9-10,16-17,20,22,24H,5,8,11-15H2,1-2H3/t22-/m0/s1. The number of amides is 1. The summed E-state index contributed by atoms with van der Waals surface area (Å²) >= 11 is 0. The van der Waals surface area contributed by atoms with Crippen LogP contribution in [0.2, 0.25) is 0 Å². The van der Waals surface area contributed by atoms with Gasteiger partial charge in [0.2, 0.25) is 15.9 Å². The van der Waals surface area contributed by atoms with Crippen molar-refractivity contribution in [3.8, 4) is 0 Å². The first-order valence-corrected chi connectivity index (χ1v) is 12.4. The van der Waals surface area contributed by atoms with Crippen molar-refractivity contribution in [2.24, 2.45) is 0 Å². The van der Waals surface area contributed by atoms with Gasteiger partial charge in [0.1, 0.15) is 6.04 Å². The third-order valence-corrected chi connectivity index (χ3v) is 7.94. The van der Waals surface area contributed by atoms with Crippen molar-refractivity contribution in [3.63, 3.8) is 0 Å². The van der Waals surface area contributed by atoms with E-state index in [4.69, 9.17) is 0 Å². The maximum atomic E-state index is 13.1. The molecule has 2 aliphatic rings. The number of hydrogen-bond donors (Lipinski definition) is 1. The second-order valence-electron chi connectivity index (χ2n) is 8.72. The maximum absolute atomic E-state index is 13.1. The molecule has 0 radical (unpaired) electrons. The summed E-state index contributed by atoms with van der Waals surface area (Å²) in [6.45, 7) is 7.09. The van der Waals surface area contributed by atoms with Gasteiger partial charge in [-0.2, -0.15) is 4.72 Å². The van der Waals surface area contributed by atoms with Crippen LogP contribution in [0.15, 0.2) is 47.4 Å². The predicted molar refractivity (Wildman–Crippen MR) is 119 cm³/mol. The molecule has 0 aromatic heterocycles. The van der Waals surface area contributed by atoms with Gasteiger partial charge in [0, 0.05) is 31.7 Å². The van der Waals surface area contributed by atoms with Gasteiger partial charge in [0.25, 0.3) is 0 Å². The van der Waals surface area contributed by atoms with Crippen LogP contribution in [-0.2, 0) is 14.8 Å². The van der Waals surface area contributed by atoms with E-state index < -0.39 is 16.1 Å². The van der Waals surface area contributed by atoms with Crippen molar-refractivity contribution in [1.82, 2.24) is 14.5 Å². The average molecular weight is 430 g/mol. The van der Waals surface area contributed by atoms with Gasteiger partial charge >= 0.3 is 0 Å². The van der Waals surface area contributed by atoms with Gasteiger partial charge in [0.05, 0.1) is 4.90 Å². The van der Waals surface area contributed by atoms with Gasteiger partial charge in [-0.05, 0) is 62.4 Å². The van der Waals surface area contributed by atoms with E-state index in [1.165, 1.54) is 0 Å². The number of fused-ring (bicyclic) bond motifs is 1. The number of nitrogens with one attached hydrogen (secondary N) is 1. The highest BCUT2D eigenvalue weighted by molar-refractivity contribution is 7.89. The molecule has 1 N–H and O–H groups in total. The molecule has 2 aliphatic heterocycles. The van der Waals surface area contributed by atoms with Crippen LogP contribution in [0.1, 0.15) is 39.5 Å². The lowest BCUT2D eigenvalue weighted by molar-refractivity contribution is -0.139. The Bertz CT molecular complexity index is 1010. The quantitative estimate of drug-likeness (QED) is 0.793. The van der Waals surface area contributed by atoms with Gasteiger partial charge in [-0.25, -0.2) is 8.42 Å². The number of benzene rings is 2. The predicted octanol–water partition coefficient (Wildman–Crippen LogP) is 2.98. The first-order valence-electron chi connectivity index (χ1n) is 10.9. The van der Waals surface area contributed by atoms with Crippen molar-refractivity contribution in [1.29, 1.82) is 0 Å². The molecule has 0 aliphatic carbocycles. The van der Waals surface area contributed by atoms with Crippen molar-refractivity contribution < 1.29 is 13.2 Å². The summed E-state index contributed by atoms with van der Waals surface area (Å²) in [5.41, 5.74) is 0. The highest BCUT2D eigenvalue weighted by Crippen LogP contribution is 2.25. The topological polar surface area (TPSA) is 69.7 Å². The molecule has 2 saturated heterocycles. The Labute approximate surface area is 179 Å². The van der Waals surface area contributed by atoms with E-state index in [1.807, 2.05) is 29.2 Å². The number of piperidine rings is 2. The Balaban J connectivity index is 1.46. The fraction of sp³-hybridized carbons (Fsp3) is 0.522. The molecule has 4 rings (SSSR count).